The molecular formula is C13H18Cl2N2. The van der Waals surface area contributed by atoms with Crippen LogP contribution in [0.15, 0.2) is 18.2 Å². The van der Waals surface area contributed by atoms with E-state index in [2.05, 4.69) is 16.3 Å². The number of benzene rings is 1. The topological polar surface area (TPSA) is 15.3 Å². The van der Waals surface area contributed by atoms with Gasteiger partial charge in [-0.25, -0.2) is 0 Å². The second kappa shape index (κ2) is 6.60. The van der Waals surface area contributed by atoms with Crippen molar-refractivity contribution in [3.8, 4) is 0 Å². The lowest BCUT2D eigenvalue weighted by Crippen LogP contribution is -2.43. The number of nitrogens with zero attached hydrogens (tertiary/aromatic N) is 1. The first-order valence-electron chi connectivity index (χ1n) is 6.13. The van der Waals surface area contributed by atoms with E-state index >= 15 is 0 Å². The molecule has 0 saturated carbocycles. The van der Waals surface area contributed by atoms with E-state index in [4.69, 9.17) is 23.2 Å². The van der Waals surface area contributed by atoms with Crippen LogP contribution in [0.3, 0.4) is 0 Å². The third-order valence-electron chi connectivity index (χ3n) is 3.13. The van der Waals surface area contributed by atoms with Crippen LogP contribution < -0.4 is 5.32 Å². The van der Waals surface area contributed by atoms with Crippen molar-refractivity contribution < 1.29 is 0 Å². The maximum Gasteiger partial charge on any atom is 0.0595 e. The van der Waals surface area contributed by atoms with Gasteiger partial charge < -0.3 is 10.2 Å². The first-order valence-corrected chi connectivity index (χ1v) is 6.88. The Hall–Kier alpha value is -0.280. The fourth-order valence-corrected chi connectivity index (χ4v) is 2.46. The van der Waals surface area contributed by atoms with E-state index in [0.29, 0.717) is 10.0 Å². The fraction of sp³-hybridized carbons (Fsp3) is 0.538. The number of rotatable bonds is 4. The van der Waals surface area contributed by atoms with Crippen LogP contribution >= 0.6 is 23.2 Å². The van der Waals surface area contributed by atoms with E-state index in [0.717, 1.165) is 19.5 Å². The number of hydrogen-bond donors (Lipinski definition) is 1. The van der Waals surface area contributed by atoms with Gasteiger partial charge in [0, 0.05) is 26.2 Å². The highest BCUT2D eigenvalue weighted by Gasteiger charge is 2.08. The summed E-state index contributed by atoms with van der Waals surface area (Å²) in [5.41, 5.74) is 1.27. The summed E-state index contributed by atoms with van der Waals surface area (Å²) in [6.07, 6.45) is 2.25. The summed E-state index contributed by atoms with van der Waals surface area (Å²) in [6.45, 7) is 5.74. The Bertz CT molecular complexity index is 362. The van der Waals surface area contributed by atoms with Crippen molar-refractivity contribution in [2.24, 2.45) is 0 Å². The van der Waals surface area contributed by atoms with Gasteiger partial charge in [-0.05, 0) is 37.1 Å². The standard InChI is InChI=1S/C13H18Cl2N2/c14-12-4-3-11(10-13(12)15)2-1-7-17-8-5-16-6-9-17/h3-4,10,16H,1-2,5-9H2. The predicted molar refractivity (Wildman–Crippen MR) is 74.1 cm³/mol. The number of halogens is 2. The molecule has 0 bridgehead atoms. The van der Waals surface area contributed by atoms with Crippen molar-refractivity contribution in [2.75, 3.05) is 32.7 Å². The molecule has 0 radical (unpaired) electrons. The smallest absolute Gasteiger partial charge is 0.0595 e. The zero-order chi connectivity index (χ0) is 12.1. The minimum atomic E-state index is 0.637. The molecule has 94 valence electrons. The minimum Gasteiger partial charge on any atom is -0.314 e. The van der Waals surface area contributed by atoms with Gasteiger partial charge in [0.05, 0.1) is 10.0 Å². The largest absolute Gasteiger partial charge is 0.314 e. The molecule has 1 heterocycles. The van der Waals surface area contributed by atoms with Gasteiger partial charge in [0.25, 0.3) is 0 Å². The van der Waals surface area contributed by atoms with Crippen molar-refractivity contribution in [2.45, 2.75) is 12.8 Å². The summed E-state index contributed by atoms with van der Waals surface area (Å²) in [7, 11) is 0. The molecule has 2 nitrogen and oxygen atoms in total. The van der Waals surface area contributed by atoms with Gasteiger partial charge in [-0.1, -0.05) is 29.3 Å². The number of hydrogen-bond acceptors (Lipinski definition) is 2. The van der Waals surface area contributed by atoms with Crippen molar-refractivity contribution in [3.05, 3.63) is 33.8 Å². The second-order valence-corrected chi connectivity index (χ2v) is 5.26. The van der Waals surface area contributed by atoms with Gasteiger partial charge in [0.2, 0.25) is 0 Å². The van der Waals surface area contributed by atoms with Crippen LogP contribution in [-0.2, 0) is 6.42 Å². The van der Waals surface area contributed by atoms with Crippen LogP contribution in [0.25, 0.3) is 0 Å². The maximum absolute atomic E-state index is 5.99. The third-order valence-corrected chi connectivity index (χ3v) is 3.87. The monoisotopic (exact) mass is 272 g/mol. The lowest BCUT2D eigenvalue weighted by atomic mass is 10.1. The maximum atomic E-state index is 5.99. The molecule has 1 aromatic carbocycles. The Morgan fingerprint density at radius 2 is 1.88 bits per heavy atom. The Morgan fingerprint density at radius 3 is 2.59 bits per heavy atom. The molecule has 4 heteroatoms. The van der Waals surface area contributed by atoms with Gasteiger partial charge in [0.15, 0.2) is 0 Å². The predicted octanol–water partition coefficient (Wildman–Crippen LogP) is 2.83. The van der Waals surface area contributed by atoms with Gasteiger partial charge in [-0.15, -0.1) is 0 Å². The van der Waals surface area contributed by atoms with Gasteiger partial charge >= 0.3 is 0 Å². The van der Waals surface area contributed by atoms with Gasteiger partial charge in [-0.2, -0.15) is 0 Å². The zero-order valence-corrected chi connectivity index (χ0v) is 11.4. The molecule has 17 heavy (non-hydrogen) atoms. The Balaban J connectivity index is 1.75. The molecule has 0 aliphatic carbocycles. The molecule has 1 N–H and O–H groups in total. The third kappa shape index (κ3) is 4.14. The number of piperazine rings is 1. The summed E-state index contributed by atoms with van der Waals surface area (Å²) < 4.78 is 0. The molecule has 0 spiro atoms. The van der Waals surface area contributed by atoms with Crippen LogP contribution in [0.4, 0.5) is 0 Å². The molecule has 0 aromatic heterocycles. The first kappa shape index (κ1) is 13.2. The molecule has 1 aromatic rings. The van der Waals surface area contributed by atoms with Crippen molar-refractivity contribution in [1.29, 1.82) is 0 Å². The normalized spacial score (nSPS) is 17.3. The molecule has 0 atom stereocenters. The zero-order valence-electron chi connectivity index (χ0n) is 9.88. The molecular weight excluding hydrogens is 255 g/mol. The lowest BCUT2D eigenvalue weighted by molar-refractivity contribution is 0.238. The average Bonchev–Trinajstić information content (AvgIpc) is 2.35. The molecule has 0 amide bonds. The molecule has 0 unspecified atom stereocenters. The molecule has 1 aliphatic rings. The molecule has 2 rings (SSSR count). The van der Waals surface area contributed by atoms with Crippen LogP contribution in [0.1, 0.15) is 12.0 Å². The van der Waals surface area contributed by atoms with E-state index in [-0.39, 0.29) is 0 Å². The molecule has 1 fully saturated rings. The van der Waals surface area contributed by atoms with Crippen molar-refractivity contribution >= 4 is 23.2 Å². The number of nitrogens with one attached hydrogen (secondary N) is 1. The van der Waals surface area contributed by atoms with E-state index < -0.39 is 0 Å². The Morgan fingerprint density at radius 1 is 1.12 bits per heavy atom. The average molecular weight is 273 g/mol. The summed E-state index contributed by atoms with van der Waals surface area (Å²) in [4.78, 5) is 2.51. The van der Waals surface area contributed by atoms with E-state index in [1.807, 2.05) is 12.1 Å². The van der Waals surface area contributed by atoms with Crippen molar-refractivity contribution in [1.82, 2.24) is 10.2 Å². The van der Waals surface area contributed by atoms with Gasteiger partial charge in [-0.3, -0.25) is 0 Å². The SMILES string of the molecule is Clc1ccc(CCCN2CCNCC2)cc1Cl. The summed E-state index contributed by atoms with van der Waals surface area (Å²) in [5.74, 6) is 0. The highest BCUT2D eigenvalue weighted by molar-refractivity contribution is 6.42. The molecule has 1 aliphatic heterocycles. The second-order valence-electron chi connectivity index (χ2n) is 4.44. The minimum absolute atomic E-state index is 0.637. The summed E-state index contributed by atoms with van der Waals surface area (Å²) in [6, 6.07) is 5.91. The van der Waals surface area contributed by atoms with E-state index in [9.17, 15) is 0 Å². The highest BCUT2D eigenvalue weighted by Crippen LogP contribution is 2.23. The molecule has 1 saturated heterocycles. The van der Waals surface area contributed by atoms with Crippen LogP contribution in [0.2, 0.25) is 10.0 Å². The van der Waals surface area contributed by atoms with Crippen LogP contribution in [0, 0.1) is 0 Å². The summed E-state index contributed by atoms with van der Waals surface area (Å²) >= 11 is 11.9. The highest BCUT2D eigenvalue weighted by atomic mass is 35.5. The van der Waals surface area contributed by atoms with E-state index in [1.165, 1.54) is 31.6 Å². The van der Waals surface area contributed by atoms with E-state index in [1.54, 1.807) is 0 Å². The summed E-state index contributed by atoms with van der Waals surface area (Å²) in [5, 5.41) is 4.66. The Kier molecular flexibility index (Phi) is 5.11. The lowest BCUT2D eigenvalue weighted by Gasteiger charge is -2.27. The number of aryl methyl sites for hydroxylation is 1. The van der Waals surface area contributed by atoms with Crippen LogP contribution in [0.5, 0.6) is 0 Å². The Labute approximate surface area is 113 Å². The van der Waals surface area contributed by atoms with Gasteiger partial charge in [0.1, 0.15) is 0 Å². The fourth-order valence-electron chi connectivity index (χ4n) is 2.14. The quantitative estimate of drug-likeness (QED) is 0.907. The van der Waals surface area contributed by atoms with Crippen molar-refractivity contribution in [3.63, 3.8) is 0 Å². The van der Waals surface area contributed by atoms with Crippen LogP contribution in [-0.4, -0.2) is 37.6 Å². The first-order chi connectivity index (χ1) is 8.25.